The predicted octanol–water partition coefficient (Wildman–Crippen LogP) is 2.70. The molecule has 1 aliphatic carbocycles. The van der Waals surface area contributed by atoms with E-state index < -0.39 is 4.92 Å². The molecule has 0 unspecified atom stereocenters. The molecule has 0 bridgehead atoms. The van der Waals surface area contributed by atoms with Gasteiger partial charge in [0.1, 0.15) is 6.54 Å². The number of aromatic nitrogens is 2. The zero-order chi connectivity index (χ0) is 14.1. The van der Waals surface area contributed by atoms with E-state index in [1.165, 1.54) is 12.1 Å². The lowest BCUT2D eigenvalue weighted by atomic mass is 10.0. The number of hydrogen-bond donors (Lipinski definition) is 0. The van der Waals surface area contributed by atoms with Crippen molar-refractivity contribution in [1.29, 1.82) is 0 Å². The molecule has 0 aliphatic heterocycles. The monoisotopic (exact) mass is 273 g/mol. The number of nitrogens with zero attached hydrogens (tertiary/aromatic N) is 3. The van der Waals surface area contributed by atoms with Crippen molar-refractivity contribution in [3.63, 3.8) is 0 Å². The number of carbonyl (C=O) groups is 1. The van der Waals surface area contributed by atoms with Crippen LogP contribution in [-0.4, -0.2) is 20.5 Å². The summed E-state index contributed by atoms with van der Waals surface area (Å²) in [5, 5.41) is 15.8. The number of nitro groups is 1. The quantitative estimate of drug-likeness (QED) is 0.633. The summed E-state index contributed by atoms with van der Waals surface area (Å²) in [6.07, 6.45) is 5.78. The van der Waals surface area contributed by atoms with Crippen LogP contribution in [0.2, 0.25) is 0 Å². The first-order valence-electron chi connectivity index (χ1n) is 6.78. The van der Waals surface area contributed by atoms with E-state index in [2.05, 4.69) is 5.10 Å². The topological polar surface area (TPSA) is 78.0 Å². The van der Waals surface area contributed by atoms with E-state index in [1.54, 1.807) is 16.9 Å². The van der Waals surface area contributed by atoms with E-state index >= 15 is 0 Å². The summed E-state index contributed by atoms with van der Waals surface area (Å²) in [4.78, 5) is 22.6. The zero-order valence-corrected chi connectivity index (χ0v) is 11.0. The highest BCUT2D eigenvalue weighted by Gasteiger charge is 2.23. The van der Waals surface area contributed by atoms with E-state index in [4.69, 9.17) is 0 Å². The van der Waals surface area contributed by atoms with Gasteiger partial charge in [0, 0.05) is 23.4 Å². The van der Waals surface area contributed by atoms with Gasteiger partial charge in [-0.05, 0) is 18.9 Å². The number of Topliss-reactive ketones (excluding diaryl/α,β-unsaturated/α-hetero) is 1. The largest absolute Gasteiger partial charge is 0.297 e. The molecule has 2 aromatic rings. The Morgan fingerprint density at radius 2 is 2.15 bits per heavy atom. The summed E-state index contributed by atoms with van der Waals surface area (Å²) in [5.74, 6) is 0.312. The van der Waals surface area contributed by atoms with E-state index in [0.29, 0.717) is 5.52 Å². The van der Waals surface area contributed by atoms with Crippen molar-refractivity contribution >= 4 is 22.4 Å². The van der Waals surface area contributed by atoms with Crippen LogP contribution in [0.4, 0.5) is 5.69 Å². The number of carbonyl (C=O) groups excluding carboxylic acids is 1. The van der Waals surface area contributed by atoms with Crippen molar-refractivity contribution in [3.05, 3.63) is 34.5 Å². The Balaban J connectivity index is 1.89. The normalized spacial score (nSPS) is 15.8. The molecule has 0 radical (unpaired) electrons. The van der Waals surface area contributed by atoms with Crippen molar-refractivity contribution in [2.45, 2.75) is 32.2 Å². The average Bonchev–Trinajstić information content (AvgIpc) is 3.08. The summed E-state index contributed by atoms with van der Waals surface area (Å²) in [6, 6.07) is 4.59. The Morgan fingerprint density at radius 3 is 2.85 bits per heavy atom. The van der Waals surface area contributed by atoms with Crippen molar-refractivity contribution in [1.82, 2.24) is 9.78 Å². The number of ketones is 1. The van der Waals surface area contributed by atoms with Crippen molar-refractivity contribution in [2.75, 3.05) is 0 Å². The maximum atomic E-state index is 12.2. The fraction of sp³-hybridized carbons (Fsp3) is 0.429. The fourth-order valence-corrected chi connectivity index (χ4v) is 2.82. The van der Waals surface area contributed by atoms with Crippen LogP contribution in [0.15, 0.2) is 24.4 Å². The molecule has 3 rings (SSSR count). The van der Waals surface area contributed by atoms with Crippen LogP contribution >= 0.6 is 0 Å². The number of rotatable bonds is 4. The highest BCUT2D eigenvalue weighted by molar-refractivity contribution is 5.85. The van der Waals surface area contributed by atoms with Gasteiger partial charge < -0.3 is 0 Å². The summed E-state index contributed by atoms with van der Waals surface area (Å²) < 4.78 is 1.57. The van der Waals surface area contributed by atoms with Crippen LogP contribution in [0.3, 0.4) is 0 Å². The molecule has 6 nitrogen and oxygen atoms in total. The lowest BCUT2D eigenvalue weighted by Crippen LogP contribution is -2.18. The number of non-ortho nitro benzene ring substituents is 1. The molecule has 1 heterocycles. The fourth-order valence-electron chi connectivity index (χ4n) is 2.82. The number of nitro benzene ring substituents is 1. The van der Waals surface area contributed by atoms with E-state index in [9.17, 15) is 14.9 Å². The molecular weight excluding hydrogens is 258 g/mol. The van der Waals surface area contributed by atoms with Crippen LogP contribution < -0.4 is 0 Å². The van der Waals surface area contributed by atoms with Crippen LogP contribution in [0.1, 0.15) is 25.7 Å². The highest BCUT2D eigenvalue weighted by Crippen LogP contribution is 2.27. The lowest BCUT2D eigenvalue weighted by Gasteiger charge is -2.08. The average molecular weight is 273 g/mol. The summed E-state index contributed by atoms with van der Waals surface area (Å²) in [6.45, 7) is 0.204. The first-order chi connectivity index (χ1) is 9.65. The van der Waals surface area contributed by atoms with Crippen LogP contribution in [0.25, 0.3) is 10.9 Å². The Labute approximate surface area is 115 Å². The second-order valence-corrected chi connectivity index (χ2v) is 5.25. The lowest BCUT2D eigenvalue weighted by molar-refractivity contribution is -0.384. The van der Waals surface area contributed by atoms with Crippen molar-refractivity contribution in [3.8, 4) is 0 Å². The van der Waals surface area contributed by atoms with E-state index in [0.717, 1.165) is 31.1 Å². The first-order valence-corrected chi connectivity index (χ1v) is 6.78. The standard InChI is InChI=1S/C14H15N3O3/c18-14(10-3-1-2-4-10)9-16-13-7-12(17(19)20)6-5-11(13)8-15-16/h5-8,10H,1-4,9H2. The van der Waals surface area contributed by atoms with Gasteiger partial charge in [0.05, 0.1) is 16.6 Å². The molecule has 6 heteroatoms. The van der Waals surface area contributed by atoms with Crippen LogP contribution in [-0.2, 0) is 11.3 Å². The predicted molar refractivity (Wildman–Crippen MR) is 73.4 cm³/mol. The summed E-state index contributed by atoms with van der Waals surface area (Å²) in [5.41, 5.74) is 0.665. The first kappa shape index (κ1) is 12.8. The minimum Gasteiger partial charge on any atom is -0.297 e. The van der Waals surface area contributed by atoms with Gasteiger partial charge in [-0.3, -0.25) is 19.6 Å². The minimum absolute atomic E-state index is 0.0209. The Hall–Kier alpha value is -2.24. The second-order valence-electron chi connectivity index (χ2n) is 5.25. The van der Waals surface area contributed by atoms with Gasteiger partial charge in [0.15, 0.2) is 5.78 Å². The Kier molecular flexibility index (Phi) is 3.22. The zero-order valence-electron chi connectivity index (χ0n) is 11.0. The van der Waals surface area contributed by atoms with Gasteiger partial charge in [0.25, 0.3) is 5.69 Å². The summed E-state index contributed by atoms with van der Waals surface area (Å²) >= 11 is 0. The van der Waals surface area contributed by atoms with Crippen LogP contribution in [0, 0.1) is 16.0 Å². The van der Waals surface area contributed by atoms with Gasteiger partial charge in [-0.25, -0.2) is 0 Å². The van der Waals surface area contributed by atoms with Crippen LogP contribution in [0.5, 0.6) is 0 Å². The molecule has 0 spiro atoms. The van der Waals surface area contributed by atoms with Gasteiger partial charge >= 0.3 is 0 Å². The number of fused-ring (bicyclic) bond motifs is 1. The number of benzene rings is 1. The van der Waals surface area contributed by atoms with Gasteiger partial charge in [-0.1, -0.05) is 12.8 Å². The molecule has 0 N–H and O–H groups in total. The minimum atomic E-state index is -0.435. The Morgan fingerprint density at radius 1 is 1.40 bits per heavy atom. The molecule has 20 heavy (non-hydrogen) atoms. The summed E-state index contributed by atoms with van der Waals surface area (Å²) in [7, 11) is 0. The van der Waals surface area contributed by atoms with Crippen molar-refractivity contribution < 1.29 is 9.72 Å². The van der Waals surface area contributed by atoms with Gasteiger partial charge in [-0.2, -0.15) is 5.10 Å². The third-order valence-electron chi connectivity index (χ3n) is 3.96. The molecule has 0 amide bonds. The number of hydrogen-bond acceptors (Lipinski definition) is 4. The second kappa shape index (κ2) is 5.03. The molecule has 1 aliphatic rings. The highest BCUT2D eigenvalue weighted by atomic mass is 16.6. The molecule has 1 aromatic heterocycles. The van der Waals surface area contributed by atoms with Gasteiger partial charge in [0.2, 0.25) is 0 Å². The molecule has 0 atom stereocenters. The molecular formula is C14H15N3O3. The van der Waals surface area contributed by atoms with Crippen molar-refractivity contribution in [2.24, 2.45) is 5.92 Å². The molecule has 1 fully saturated rings. The molecule has 0 saturated heterocycles. The maximum Gasteiger partial charge on any atom is 0.271 e. The smallest absolute Gasteiger partial charge is 0.271 e. The molecule has 1 saturated carbocycles. The molecule has 1 aromatic carbocycles. The third kappa shape index (κ3) is 2.29. The third-order valence-corrected chi connectivity index (χ3v) is 3.96. The Bertz CT molecular complexity index is 671. The van der Waals surface area contributed by atoms with E-state index in [1.807, 2.05) is 0 Å². The van der Waals surface area contributed by atoms with E-state index in [-0.39, 0.29) is 23.9 Å². The molecule has 104 valence electrons. The SMILES string of the molecule is O=C(Cn1ncc2ccc([N+](=O)[O-])cc21)C1CCCC1. The van der Waals surface area contributed by atoms with Gasteiger partial charge in [-0.15, -0.1) is 0 Å². The maximum absolute atomic E-state index is 12.2.